The molecule has 1 atom stereocenters. The molecule has 3 heteroatoms. The zero-order valence-electron chi connectivity index (χ0n) is 10.7. The van der Waals surface area contributed by atoms with Crippen molar-refractivity contribution in [2.75, 3.05) is 5.73 Å². The number of benzene rings is 1. The van der Waals surface area contributed by atoms with Crippen LogP contribution in [0, 0.1) is 0 Å². The number of rotatable bonds is 2. The van der Waals surface area contributed by atoms with Gasteiger partial charge in [0.05, 0.1) is 6.10 Å². The molecule has 0 heterocycles. The second-order valence-corrected chi connectivity index (χ2v) is 5.72. The van der Waals surface area contributed by atoms with Crippen LogP contribution in [0.4, 0.5) is 5.69 Å². The van der Waals surface area contributed by atoms with Crippen molar-refractivity contribution in [1.82, 2.24) is 5.32 Å². The highest BCUT2D eigenvalue weighted by molar-refractivity contribution is 5.47. The highest BCUT2D eigenvalue weighted by Gasteiger charge is 2.26. The first kappa shape index (κ1) is 12.0. The number of aliphatic hydroxyl groups is 1. The summed E-state index contributed by atoms with van der Waals surface area (Å²) in [6, 6.07) is 7.35. The van der Waals surface area contributed by atoms with Gasteiger partial charge in [0.15, 0.2) is 0 Å². The van der Waals surface area contributed by atoms with E-state index in [4.69, 9.17) is 5.73 Å². The van der Waals surface area contributed by atoms with Gasteiger partial charge in [-0.15, -0.1) is 0 Å². The minimum Gasteiger partial charge on any atom is -0.399 e. The van der Waals surface area contributed by atoms with Crippen LogP contribution >= 0.6 is 0 Å². The first-order chi connectivity index (χ1) is 8.72. The van der Waals surface area contributed by atoms with Crippen LogP contribution in [0.3, 0.4) is 0 Å². The monoisotopic (exact) mass is 246 g/mol. The Morgan fingerprint density at radius 2 is 1.89 bits per heavy atom. The number of aliphatic hydroxyl groups excluding tert-OH is 1. The molecule has 0 bridgehead atoms. The van der Waals surface area contributed by atoms with Crippen molar-refractivity contribution in [2.24, 2.45) is 0 Å². The SMILES string of the molecule is Nc1ccc2c(c1)CCC2NC1CCC(O)CC1. The number of fused-ring (bicyclic) bond motifs is 1. The van der Waals surface area contributed by atoms with Gasteiger partial charge in [0, 0.05) is 17.8 Å². The molecule has 1 aromatic rings. The van der Waals surface area contributed by atoms with Gasteiger partial charge >= 0.3 is 0 Å². The van der Waals surface area contributed by atoms with Crippen LogP contribution in [0.5, 0.6) is 0 Å². The topological polar surface area (TPSA) is 58.3 Å². The molecule has 1 saturated carbocycles. The Hall–Kier alpha value is -1.06. The summed E-state index contributed by atoms with van der Waals surface area (Å²) in [5.41, 5.74) is 9.53. The van der Waals surface area contributed by atoms with Crippen LogP contribution in [-0.4, -0.2) is 17.3 Å². The van der Waals surface area contributed by atoms with Crippen molar-refractivity contribution in [3.05, 3.63) is 29.3 Å². The largest absolute Gasteiger partial charge is 0.399 e. The molecular formula is C15H22N2O. The molecule has 3 nitrogen and oxygen atoms in total. The molecule has 0 spiro atoms. The van der Waals surface area contributed by atoms with E-state index in [9.17, 15) is 5.11 Å². The lowest BCUT2D eigenvalue weighted by molar-refractivity contribution is 0.114. The summed E-state index contributed by atoms with van der Waals surface area (Å²) in [4.78, 5) is 0. The molecule has 0 aliphatic heterocycles. The second-order valence-electron chi connectivity index (χ2n) is 5.72. The van der Waals surface area contributed by atoms with Crippen molar-refractivity contribution in [2.45, 2.75) is 56.7 Å². The van der Waals surface area contributed by atoms with Gasteiger partial charge in [0.1, 0.15) is 0 Å². The average molecular weight is 246 g/mol. The number of nitrogens with two attached hydrogens (primary N) is 1. The summed E-state index contributed by atoms with van der Waals surface area (Å²) in [7, 11) is 0. The van der Waals surface area contributed by atoms with Crippen molar-refractivity contribution in [1.29, 1.82) is 0 Å². The maximum absolute atomic E-state index is 9.53. The van der Waals surface area contributed by atoms with E-state index in [1.807, 2.05) is 6.07 Å². The molecule has 2 aliphatic carbocycles. The first-order valence-electron chi connectivity index (χ1n) is 7.05. The fraction of sp³-hybridized carbons (Fsp3) is 0.600. The molecule has 98 valence electrons. The molecule has 1 unspecified atom stereocenters. The van der Waals surface area contributed by atoms with Crippen LogP contribution in [-0.2, 0) is 6.42 Å². The summed E-state index contributed by atoms with van der Waals surface area (Å²) >= 11 is 0. The molecule has 1 aromatic carbocycles. The van der Waals surface area contributed by atoms with Crippen LogP contribution in [0.25, 0.3) is 0 Å². The summed E-state index contributed by atoms with van der Waals surface area (Å²) in [5.74, 6) is 0. The minimum absolute atomic E-state index is 0.0706. The van der Waals surface area contributed by atoms with Gasteiger partial charge < -0.3 is 16.2 Å². The third-order valence-electron chi connectivity index (χ3n) is 4.38. The molecule has 0 saturated heterocycles. The molecule has 2 aliphatic rings. The molecule has 18 heavy (non-hydrogen) atoms. The average Bonchev–Trinajstić information content (AvgIpc) is 2.74. The lowest BCUT2D eigenvalue weighted by Crippen LogP contribution is -2.36. The van der Waals surface area contributed by atoms with E-state index < -0.39 is 0 Å². The lowest BCUT2D eigenvalue weighted by Gasteiger charge is -2.29. The Morgan fingerprint density at radius 1 is 1.11 bits per heavy atom. The molecular weight excluding hydrogens is 224 g/mol. The van der Waals surface area contributed by atoms with E-state index in [2.05, 4.69) is 17.4 Å². The third kappa shape index (κ3) is 2.38. The van der Waals surface area contributed by atoms with Crippen LogP contribution in [0.2, 0.25) is 0 Å². The zero-order valence-corrected chi connectivity index (χ0v) is 10.7. The maximum atomic E-state index is 9.53. The smallest absolute Gasteiger partial charge is 0.0541 e. The zero-order chi connectivity index (χ0) is 12.5. The van der Waals surface area contributed by atoms with Crippen molar-refractivity contribution in [3.8, 4) is 0 Å². The van der Waals surface area contributed by atoms with Crippen molar-refractivity contribution >= 4 is 5.69 Å². The second kappa shape index (κ2) is 4.90. The predicted molar refractivity (Wildman–Crippen MR) is 73.3 cm³/mol. The van der Waals surface area contributed by atoms with E-state index in [-0.39, 0.29) is 6.10 Å². The fourth-order valence-electron chi connectivity index (χ4n) is 3.34. The Bertz CT molecular complexity index is 425. The summed E-state index contributed by atoms with van der Waals surface area (Å²) in [5, 5.41) is 13.3. The minimum atomic E-state index is -0.0706. The predicted octanol–water partition coefficient (Wildman–Crippen LogP) is 2.15. The normalized spacial score (nSPS) is 31.3. The number of hydrogen-bond donors (Lipinski definition) is 3. The number of nitrogen functional groups attached to an aromatic ring is 1. The van der Waals surface area contributed by atoms with E-state index in [1.54, 1.807) is 0 Å². The quantitative estimate of drug-likeness (QED) is 0.701. The van der Waals surface area contributed by atoms with E-state index in [0.717, 1.165) is 37.8 Å². The highest BCUT2D eigenvalue weighted by atomic mass is 16.3. The van der Waals surface area contributed by atoms with E-state index in [1.165, 1.54) is 17.5 Å². The van der Waals surface area contributed by atoms with Crippen LogP contribution in [0.1, 0.15) is 49.3 Å². The number of hydrogen-bond acceptors (Lipinski definition) is 3. The summed E-state index contributed by atoms with van der Waals surface area (Å²) in [6.45, 7) is 0. The van der Waals surface area contributed by atoms with Gasteiger partial charge in [-0.3, -0.25) is 0 Å². The lowest BCUT2D eigenvalue weighted by atomic mass is 9.92. The molecule has 0 radical (unpaired) electrons. The van der Waals surface area contributed by atoms with Crippen molar-refractivity contribution < 1.29 is 5.11 Å². The van der Waals surface area contributed by atoms with Crippen LogP contribution < -0.4 is 11.1 Å². The van der Waals surface area contributed by atoms with Gasteiger partial charge in [-0.1, -0.05) is 6.07 Å². The van der Waals surface area contributed by atoms with Gasteiger partial charge in [0.2, 0.25) is 0 Å². The third-order valence-corrected chi connectivity index (χ3v) is 4.38. The highest BCUT2D eigenvalue weighted by Crippen LogP contribution is 2.33. The van der Waals surface area contributed by atoms with Gasteiger partial charge in [-0.05, 0) is 61.8 Å². The number of nitrogens with one attached hydrogen (secondary N) is 1. The van der Waals surface area contributed by atoms with E-state index in [0.29, 0.717) is 12.1 Å². The maximum Gasteiger partial charge on any atom is 0.0541 e. The van der Waals surface area contributed by atoms with Crippen LogP contribution in [0.15, 0.2) is 18.2 Å². The first-order valence-corrected chi connectivity index (χ1v) is 7.05. The van der Waals surface area contributed by atoms with E-state index >= 15 is 0 Å². The standard InChI is InChI=1S/C15H22N2O/c16-11-2-7-14-10(9-11)1-8-15(14)17-12-3-5-13(18)6-4-12/h2,7,9,12-13,15,17-18H,1,3-6,8,16H2. The van der Waals surface area contributed by atoms with Gasteiger partial charge in [-0.2, -0.15) is 0 Å². The molecule has 4 N–H and O–H groups in total. The van der Waals surface area contributed by atoms with Gasteiger partial charge in [-0.25, -0.2) is 0 Å². The Kier molecular flexibility index (Phi) is 3.27. The summed E-state index contributed by atoms with van der Waals surface area (Å²) < 4.78 is 0. The fourth-order valence-corrected chi connectivity index (χ4v) is 3.34. The number of aryl methyl sites for hydroxylation is 1. The molecule has 0 amide bonds. The molecule has 3 rings (SSSR count). The van der Waals surface area contributed by atoms with Gasteiger partial charge in [0.25, 0.3) is 0 Å². The Morgan fingerprint density at radius 3 is 2.67 bits per heavy atom. The van der Waals surface area contributed by atoms with Crippen molar-refractivity contribution in [3.63, 3.8) is 0 Å². The number of anilines is 1. The Balaban J connectivity index is 1.66. The molecule has 0 aromatic heterocycles. The summed E-state index contributed by atoms with van der Waals surface area (Å²) in [6.07, 6.45) is 6.33. The Labute approximate surface area is 108 Å². The molecule has 1 fully saturated rings.